The number of esters is 1. The number of carbonyl (C=O) groups is 3. The Labute approximate surface area is 170 Å². The molecule has 0 saturated carbocycles. The fourth-order valence-electron chi connectivity index (χ4n) is 2.81. The van der Waals surface area contributed by atoms with Crippen molar-refractivity contribution >= 4 is 18.0 Å². The maximum absolute atomic E-state index is 12.4. The Morgan fingerprint density at radius 1 is 0.857 bits per heavy atom. The molecule has 0 aliphatic heterocycles. The number of carbonyl (C=O) groups excluding carboxylic acids is 3. The molecule has 2 unspecified atom stereocenters. The van der Waals surface area contributed by atoms with Crippen LogP contribution in [-0.4, -0.2) is 43.8 Å². The minimum absolute atomic E-state index is 0.192. The highest BCUT2D eigenvalue weighted by atomic mass is 16.5. The Morgan fingerprint density at radius 2 is 1.43 bits per heavy atom. The molecule has 2 atom stereocenters. The number of alkyl carbamates (subject to hydrolysis) is 1. The lowest BCUT2D eigenvalue weighted by Gasteiger charge is -2.21. The van der Waals surface area contributed by atoms with Crippen LogP contribution in [0.3, 0.4) is 0 Å². The molecule has 7 heteroatoms. The number of rotatable bonds is 15. The third-order valence-corrected chi connectivity index (χ3v) is 4.46. The normalized spacial score (nSPS) is 12.9. The van der Waals surface area contributed by atoms with Crippen LogP contribution in [0.5, 0.6) is 0 Å². The lowest BCUT2D eigenvalue weighted by Crippen LogP contribution is -2.51. The first-order chi connectivity index (χ1) is 13.3. The van der Waals surface area contributed by atoms with Crippen molar-refractivity contribution in [1.82, 2.24) is 10.6 Å². The van der Waals surface area contributed by atoms with Crippen molar-refractivity contribution in [2.24, 2.45) is 5.92 Å². The van der Waals surface area contributed by atoms with Crippen molar-refractivity contribution < 1.29 is 23.9 Å². The van der Waals surface area contributed by atoms with E-state index >= 15 is 0 Å². The highest BCUT2D eigenvalue weighted by Crippen LogP contribution is 2.09. The number of hydrogen-bond acceptors (Lipinski definition) is 5. The van der Waals surface area contributed by atoms with Crippen molar-refractivity contribution in [3.8, 4) is 0 Å². The molecule has 0 aromatic rings. The van der Waals surface area contributed by atoms with Gasteiger partial charge in [0.2, 0.25) is 5.91 Å². The Bertz CT molecular complexity index is 454. The van der Waals surface area contributed by atoms with Crippen molar-refractivity contribution in [2.75, 3.05) is 13.7 Å². The van der Waals surface area contributed by atoms with Gasteiger partial charge in [0, 0.05) is 0 Å². The maximum Gasteiger partial charge on any atom is 0.407 e. The van der Waals surface area contributed by atoms with E-state index in [1.54, 1.807) is 6.92 Å². The number of hydrogen-bond donors (Lipinski definition) is 2. The van der Waals surface area contributed by atoms with E-state index in [-0.39, 0.29) is 5.92 Å². The molecule has 7 nitrogen and oxygen atoms in total. The molecule has 0 bridgehead atoms. The van der Waals surface area contributed by atoms with Gasteiger partial charge in [0.1, 0.15) is 12.1 Å². The highest BCUT2D eigenvalue weighted by Gasteiger charge is 2.26. The second kappa shape index (κ2) is 16.2. The van der Waals surface area contributed by atoms with E-state index < -0.39 is 30.1 Å². The van der Waals surface area contributed by atoms with E-state index in [4.69, 9.17) is 4.74 Å². The van der Waals surface area contributed by atoms with Gasteiger partial charge in [0.25, 0.3) is 0 Å². The van der Waals surface area contributed by atoms with Gasteiger partial charge in [0.05, 0.1) is 13.7 Å². The number of unbranched alkanes of at least 4 members (excludes halogenated alkanes) is 7. The second-order valence-electron chi connectivity index (χ2n) is 7.69. The van der Waals surface area contributed by atoms with Gasteiger partial charge in [-0.1, -0.05) is 65.7 Å². The molecule has 0 aromatic heterocycles. The largest absolute Gasteiger partial charge is 0.464 e. The van der Waals surface area contributed by atoms with Crippen LogP contribution in [0.1, 0.15) is 85.5 Å². The van der Waals surface area contributed by atoms with Gasteiger partial charge in [0.15, 0.2) is 0 Å². The van der Waals surface area contributed by atoms with Gasteiger partial charge in [-0.25, -0.2) is 9.59 Å². The van der Waals surface area contributed by atoms with E-state index in [9.17, 15) is 14.4 Å². The van der Waals surface area contributed by atoms with Gasteiger partial charge in [-0.05, 0) is 25.7 Å². The van der Waals surface area contributed by atoms with E-state index in [2.05, 4.69) is 22.3 Å². The zero-order valence-corrected chi connectivity index (χ0v) is 18.3. The van der Waals surface area contributed by atoms with Crippen molar-refractivity contribution in [1.29, 1.82) is 0 Å². The van der Waals surface area contributed by atoms with Crippen LogP contribution in [0.4, 0.5) is 4.79 Å². The summed E-state index contributed by atoms with van der Waals surface area (Å²) in [7, 11) is 1.24. The third kappa shape index (κ3) is 13.4. The summed E-state index contributed by atoms with van der Waals surface area (Å²) in [6.45, 7) is 8.04. The van der Waals surface area contributed by atoms with Crippen LogP contribution in [0.25, 0.3) is 0 Å². The molecular formula is C21H40N2O5. The average Bonchev–Trinajstić information content (AvgIpc) is 2.65. The molecule has 0 aromatic carbocycles. The number of nitrogens with one attached hydrogen (secondary N) is 2. The summed E-state index contributed by atoms with van der Waals surface area (Å²) in [5.74, 6) is -0.689. The third-order valence-electron chi connectivity index (χ3n) is 4.46. The maximum atomic E-state index is 12.4. The molecule has 0 heterocycles. The minimum atomic E-state index is -0.768. The molecule has 0 spiro atoms. The quantitative estimate of drug-likeness (QED) is 0.321. The molecule has 0 aliphatic carbocycles. The van der Waals surface area contributed by atoms with Gasteiger partial charge in [-0.2, -0.15) is 0 Å². The molecule has 2 amide bonds. The Hall–Kier alpha value is -1.79. The van der Waals surface area contributed by atoms with Gasteiger partial charge in [-0.3, -0.25) is 4.79 Å². The molecule has 2 N–H and O–H groups in total. The lowest BCUT2D eigenvalue weighted by atomic mass is 10.0. The summed E-state index contributed by atoms with van der Waals surface area (Å²) in [6, 6.07) is -1.52. The topological polar surface area (TPSA) is 93.7 Å². The molecule has 0 aliphatic rings. The predicted molar refractivity (Wildman–Crippen MR) is 110 cm³/mol. The zero-order valence-electron chi connectivity index (χ0n) is 18.3. The number of ether oxygens (including phenoxy) is 2. The van der Waals surface area contributed by atoms with Crippen LogP contribution in [0, 0.1) is 5.92 Å². The van der Waals surface area contributed by atoms with Crippen LogP contribution in [0.2, 0.25) is 0 Å². The SMILES string of the molecule is CCCCCCCCCCOC(=O)C(C)NC(=O)C(CC(C)C)NC(=O)OC. The fraction of sp³-hybridized carbons (Fsp3) is 0.857. The molecule has 0 saturated heterocycles. The van der Waals surface area contributed by atoms with Crippen LogP contribution in [-0.2, 0) is 19.1 Å². The molecule has 0 fully saturated rings. The molecule has 164 valence electrons. The summed E-state index contributed by atoms with van der Waals surface area (Å²) in [6.07, 6.45) is 9.15. The number of amides is 2. The van der Waals surface area contributed by atoms with Crippen molar-refractivity contribution in [2.45, 2.75) is 97.6 Å². The number of methoxy groups -OCH3 is 1. The molecule has 0 rings (SSSR count). The van der Waals surface area contributed by atoms with E-state index in [0.29, 0.717) is 13.0 Å². The Morgan fingerprint density at radius 3 is 1.96 bits per heavy atom. The second-order valence-corrected chi connectivity index (χ2v) is 7.69. The van der Waals surface area contributed by atoms with E-state index in [1.807, 2.05) is 13.8 Å². The Kier molecular flexibility index (Phi) is 15.2. The van der Waals surface area contributed by atoms with Gasteiger partial charge >= 0.3 is 12.1 Å². The van der Waals surface area contributed by atoms with E-state index in [1.165, 1.54) is 39.2 Å². The first-order valence-corrected chi connectivity index (χ1v) is 10.6. The van der Waals surface area contributed by atoms with Crippen molar-refractivity contribution in [3.05, 3.63) is 0 Å². The monoisotopic (exact) mass is 400 g/mol. The summed E-state index contributed by atoms with van der Waals surface area (Å²) < 4.78 is 9.80. The average molecular weight is 401 g/mol. The van der Waals surface area contributed by atoms with E-state index in [0.717, 1.165) is 19.3 Å². The predicted octanol–water partition coefficient (Wildman–Crippen LogP) is 3.95. The summed E-state index contributed by atoms with van der Waals surface area (Å²) in [5, 5.41) is 5.11. The van der Waals surface area contributed by atoms with Crippen LogP contribution in [0.15, 0.2) is 0 Å². The Balaban J connectivity index is 4.12. The summed E-state index contributed by atoms with van der Waals surface area (Å²) in [5.41, 5.74) is 0. The molecule has 28 heavy (non-hydrogen) atoms. The fourth-order valence-corrected chi connectivity index (χ4v) is 2.81. The van der Waals surface area contributed by atoms with Gasteiger partial charge in [-0.15, -0.1) is 0 Å². The zero-order chi connectivity index (χ0) is 21.4. The molecule has 0 radical (unpaired) electrons. The smallest absolute Gasteiger partial charge is 0.407 e. The lowest BCUT2D eigenvalue weighted by molar-refractivity contribution is -0.147. The van der Waals surface area contributed by atoms with Crippen molar-refractivity contribution in [3.63, 3.8) is 0 Å². The highest BCUT2D eigenvalue weighted by molar-refractivity contribution is 5.89. The van der Waals surface area contributed by atoms with Gasteiger partial charge < -0.3 is 20.1 Å². The first kappa shape index (κ1) is 26.2. The van der Waals surface area contributed by atoms with Crippen LogP contribution < -0.4 is 10.6 Å². The molecular weight excluding hydrogens is 360 g/mol. The minimum Gasteiger partial charge on any atom is -0.464 e. The van der Waals surface area contributed by atoms with Crippen LogP contribution >= 0.6 is 0 Å². The summed E-state index contributed by atoms with van der Waals surface area (Å²) >= 11 is 0. The first-order valence-electron chi connectivity index (χ1n) is 10.6. The standard InChI is InChI=1S/C21H40N2O5/c1-6-7-8-9-10-11-12-13-14-28-20(25)17(4)22-19(24)18(15-16(2)3)23-21(26)27-5/h16-18H,6-15H2,1-5H3,(H,22,24)(H,23,26). The summed E-state index contributed by atoms with van der Waals surface area (Å²) in [4.78, 5) is 35.9.